The zero-order chi connectivity index (χ0) is 10.7. The summed E-state index contributed by atoms with van der Waals surface area (Å²) in [5, 5.41) is 18.4. The highest BCUT2D eigenvalue weighted by Crippen LogP contribution is 2.14. The molecule has 14 heavy (non-hydrogen) atoms. The van der Waals surface area contributed by atoms with Crippen molar-refractivity contribution >= 4 is 30.0 Å². The molecule has 0 atom stereocenters. The van der Waals surface area contributed by atoms with Gasteiger partial charge in [-0.15, -0.1) is 0 Å². The first-order chi connectivity index (χ1) is 6.52. The Morgan fingerprint density at radius 3 is 2.64 bits per heavy atom. The second-order valence-electron chi connectivity index (χ2n) is 3.06. The fourth-order valence-electron chi connectivity index (χ4n) is 1.25. The molecule has 1 aromatic rings. The van der Waals surface area contributed by atoms with Gasteiger partial charge in [0.2, 0.25) is 0 Å². The van der Waals surface area contributed by atoms with E-state index in [-0.39, 0.29) is 17.7 Å². The highest BCUT2D eigenvalue weighted by atomic mass is 35.5. The fourth-order valence-corrected chi connectivity index (χ4v) is 1.50. The van der Waals surface area contributed by atoms with Crippen molar-refractivity contribution in [3.63, 3.8) is 0 Å². The number of benzene rings is 1. The van der Waals surface area contributed by atoms with E-state index in [0.29, 0.717) is 10.6 Å². The monoisotopic (exact) mass is 212 g/mol. The van der Waals surface area contributed by atoms with E-state index in [4.69, 9.17) is 21.6 Å². The zero-order valence-corrected chi connectivity index (χ0v) is 8.45. The van der Waals surface area contributed by atoms with E-state index in [1.165, 1.54) is 13.0 Å². The van der Waals surface area contributed by atoms with Crippen LogP contribution in [0.25, 0.3) is 0 Å². The van der Waals surface area contributed by atoms with Gasteiger partial charge >= 0.3 is 7.12 Å². The Labute approximate surface area is 87.5 Å². The van der Waals surface area contributed by atoms with Crippen LogP contribution in [0.4, 0.5) is 0 Å². The van der Waals surface area contributed by atoms with Crippen LogP contribution in [-0.4, -0.2) is 22.9 Å². The second-order valence-corrected chi connectivity index (χ2v) is 3.47. The summed E-state index contributed by atoms with van der Waals surface area (Å²) < 4.78 is 0. The molecule has 0 spiro atoms. The molecule has 1 rings (SSSR count). The van der Waals surface area contributed by atoms with Crippen molar-refractivity contribution in [2.24, 2.45) is 0 Å². The molecule has 0 saturated carbocycles. The van der Waals surface area contributed by atoms with Crippen molar-refractivity contribution in [1.82, 2.24) is 0 Å². The van der Waals surface area contributed by atoms with Gasteiger partial charge in [0.25, 0.3) is 0 Å². The summed E-state index contributed by atoms with van der Waals surface area (Å²) in [7, 11) is -1.59. The molecule has 74 valence electrons. The van der Waals surface area contributed by atoms with E-state index in [2.05, 4.69) is 0 Å². The van der Waals surface area contributed by atoms with Crippen molar-refractivity contribution in [2.45, 2.75) is 13.3 Å². The maximum atomic E-state index is 10.9. The summed E-state index contributed by atoms with van der Waals surface area (Å²) in [5.41, 5.74) is 0.768. The quantitative estimate of drug-likeness (QED) is 0.702. The lowest BCUT2D eigenvalue weighted by atomic mass is 9.76. The zero-order valence-electron chi connectivity index (χ0n) is 7.70. The first-order valence-corrected chi connectivity index (χ1v) is 4.53. The highest BCUT2D eigenvalue weighted by Gasteiger charge is 2.18. The van der Waals surface area contributed by atoms with E-state index in [0.717, 1.165) is 0 Å². The standard InChI is InChI=1S/C9H10BClO3/c1-6(12)5-7-8(10(13)14)3-2-4-9(7)11/h2-4,13-14H,5H2,1H3. The van der Waals surface area contributed by atoms with Gasteiger partial charge in [0.1, 0.15) is 5.78 Å². The Bertz CT molecular complexity index is 352. The number of hydrogen-bond donors (Lipinski definition) is 2. The molecule has 0 bridgehead atoms. The molecule has 0 aromatic heterocycles. The number of carbonyl (C=O) groups is 1. The predicted molar refractivity (Wildman–Crippen MR) is 55.7 cm³/mol. The largest absolute Gasteiger partial charge is 0.488 e. The second kappa shape index (κ2) is 4.60. The summed E-state index contributed by atoms with van der Waals surface area (Å²) in [6.45, 7) is 1.43. The summed E-state index contributed by atoms with van der Waals surface area (Å²) in [5.74, 6) is -0.0694. The summed E-state index contributed by atoms with van der Waals surface area (Å²) >= 11 is 5.84. The molecule has 0 fully saturated rings. The number of Topliss-reactive ketones (excluding diaryl/α,β-unsaturated/α-hetero) is 1. The molecule has 2 N–H and O–H groups in total. The van der Waals surface area contributed by atoms with Crippen LogP contribution in [0.3, 0.4) is 0 Å². The number of carbonyl (C=O) groups excluding carboxylic acids is 1. The van der Waals surface area contributed by atoms with E-state index in [9.17, 15) is 4.79 Å². The average molecular weight is 212 g/mol. The van der Waals surface area contributed by atoms with Crippen LogP contribution in [0.5, 0.6) is 0 Å². The minimum Gasteiger partial charge on any atom is -0.423 e. The minimum absolute atomic E-state index is 0.0694. The van der Waals surface area contributed by atoms with E-state index in [1.807, 2.05) is 0 Å². The lowest BCUT2D eigenvalue weighted by Crippen LogP contribution is -2.33. The molecule has 0 aliphatic carbocycles. The van der Waals surface area contributed by atoms with Crippen LogP contribution in [0.15, 0.2) is 18.2 Å². The van der Waals surface area contributed by atoms with Crippen LogP contribution in [0.2, 0.25) is 5.02 Å². The van der Waals surface area contributed by atoms with Gasteiger partial charge in [-0.2, -0.15) is 0 Å². The smallest absolute Gasteiger partial charge is 0.423 e. The van der Waals surface area contributed by atoms with E-state index >= 15 is 0 Å². The summed E-state index contributed by atoms with van der Waals surface area (Å²) in [6, 6.07) is 4.77. The SMILES string of the molecule is CC(=O)Cc1c(Cl)cccc1B(O)O. The Kier molecular flexibility index (Phi) is 3.69. The topological polar surface area (TPSA) is 57.5 Å². The first kappa shape index (κ1) is 11.2. The lowest BCUT2D eigenvalue weighted by molar-refractivity contribution is -0.116. The van der Waals surface area contributed by atoms with Gasteiger partial charge in [0.15, 0.2) is 0 Å². The van der Waals surface area contributed by atoms with E-state index in [1.54, 1.807) is 12.1 Å². The molecule has 0 aliphatic heterocycles. The van der Waals surface area contributed by atoms with Crippen molar-refractivity contribution in [2.75, 3.05) is 0 Å². The molecule has 0 amide bonds. The number of hydrogen-bond acceptors (Lipinski definition) is 3. The maximum Gasteiger partial charge on any atom is 0.488 e. The number of ketones is 1. The molecule has 0 radical (unpaired) electrons. The Hall–Kier alpha value is -0.835. The molecule has 5 heteroatoms. The van der Waals surface area contributed by atoms with Crippen LogP contribution < -0.4 is 5.46 Å². The van der Waals surface area contributed by atoms with Crippen LogP contribution >= 0.6 is 11.6 Å². The summed E-state index contributed by atoms with van der Waals surface area (Å²) in [6.07, 6.45) is 0.118. The Balaban J connectivity index is 3.15. The normalized spacial score (nSPS) is 10.0. The average Bonchev–Trinajstić information content (AvgIpc) is 2.07. The van der Waals surface area contributed by atoms with Gasteiger partial charge in [-0.05, 0) is 24.0 Å². The Morgan fingerprint density at radius 2 is 2.14 bits per heavy atom. The van der Waals surface area contributed by atoms with Crippen LogP contribution in [-0.2, 0) is 11.2 Å². The molecular formula is C9H10BClO3. The van der Waals surface area contributed by atoms with Gasteiger partial charge < -0.3 is 10.0 Å². The van der Waals surface area contributed by atoms with E-state index < -0.39 is 7.12 Å². The summed E-state index contributed by atoms with van der Waals surface area (Å²) in [4.78, 5) is 10.9. The third-order valence-electron chi connectivity index (χ3n) is 1.86. The molecule has 0 aliphatic rings. The van der Waals surface area contributed by atoms with Gasteiger partial charge in [0.05, 0.1) is 0 Å². The van der Waals surface area contributed by atoms with Gasteiger partial charge in [0, 0.05) is 11.4 Å². The highest BCUT2D eigenvalue weighted by molar-refractivity contribution is 6.59. The minimum atomic E-state index is -1.59. The van der Waals surface area contributed by atoms with Crippen LogP contribution in [0, 0.1) is 0 Å². The number of rotatable bonds is 3. The molecular weight excluding hydrogens is 202 g/mol. The third-order valence-corrected chi connectivity index (χ3v) is 2.21. The van der Waals surface area contributed by atoms with Crippen LogP contribution in [0.1, 0.15) is 12.5 Å². The molecule has 0 unspecified atom stereocenters. The van der Waals surface area contributed by atoms with Gasteiger partial charge in [-0.25, -0.2) is 0 Å². The molecule has 0 heterocycles. The van der Waals surface area contributed by atoms with Gasteiger partial charge in [-0.3, -0.25) is 4.79 Å². The Morgan fingerprint density at radius 1 is 1.50 bits per heavy atom. The first-order valence-electron chi connectivity index (χ1n) is 4.15. The van der Waals surface area contributed by atoms with Crippen molar-refractivity contribution in [3.05, 3.63) is 28.8 Å². The molecule has 0 saturated heterocycles. The van der Waals surface area contributed by atoms with Crippen molar-refractivity contribution < 1.29 is 14.8 Å². The van der Waals surface area contributed by atoms with Crippen molar-refractivity contribution in [1.29, 1.82) is 0 Å². The molecule has 3 nitrogen and oxygen atoms in total. The van der Waals surface area contributed by atoms with Crippen molar-refractivity contribution in [3.8, 4) is 0 Å². The number of halogens is 1. The lowest BCUT2D eigenvalue weighted by Gasteiger charge is -2.08. The fraction of sp³-hybridized carbons (Fsp3) is 0.222. The predicted octanol–water partition coefficient (Wildman–Crippen LogP) is 0.151. The maximum absolute atomic E-state index is 10.9. The third kappa shape index (κ3) is 2.58. The molecule has 1 aromatic carbocycles. The van der Waals surface area contributed by atoms with Gasteiger partial charge in [-0.1, -0.05) is 23.7 Å².